The Hall–Kier alpha value is -0.960. The largest absolute Gasteiger partial charge is 0.488 e. The first-order valence-electron chi connectivity index (χ1n) is 8.58. The van der Waals surface area contributed by atoms with Crippen LogP contribution in [0.25, 0.3) is 0 Å². The molecule has 0 aliphatic carbocycles. The Labute approximate surface area is 154 Å². The molecule has 0 spiro atoms. The molecule has 1 aromatic rings. The minimum absolute atomic E-state index is 0.167. The highest BCUT2D eigenvalue weighted by Gasteiger charge is 2.45. The number of aromatic nitrogens is 2. The van der Waals surface area contributed by atoms with Gasteiger partial charge in [-0.1, -0.05) is 0 Å². The average molecular weight is 388 g/mol. The number of halogens is 1. The molecule has 2 fully saturated rings. The van der Waals surface area contributed by atoms with E-state index in [4.69, 9.17) is 25.8 Å². The van der Waals surface area contributed by atoms with E-state index in [2.05, 4.69) is 14.9 Å². The molecule has 1 aromatic heterocycles. The Morgan fingerprint density at radius 2 is 2.00 bits per heavy atom. The Morgan fingerprint density at radius 3 is 2.76 bits per heavy atom. The van der Waals surface area contributed by atoms with Gasteiger partial charge >= 0.3 is 0 Å². The standard InChI is InChI=1S/C16H22ClN3O4S/c1-25(21)16(3-7-22-8-4-16)13-12-14(19-15(17)18-13)20-5-9-23-10-11(20)2-6-24-12/h11H,2-10H2,1H3/t11-,25?/m1/s1. The summed E-state index contributed by atoms with van der Waals surface area (Å²) in [4.78, 5) is 11.2. The molecule has 7 nitrogen and oxygen atoms in total. The van der Waals surface area contributed by atoms with Crippen LogP contribution >= 0.6 is 11.6 Å². The van der Waals surface area contributed by atoms with E-state index in [9.17, 15) is 4.21 Å². The van der Waals surface area contributed by atoms with Crippen molar-refractivity contribution in [3.05, 3.63) is 11.0 Å². The van der Waals surface area contributed by atoms with Crippen LogP contribution in [0.15, 0.2) is 0 Å². The minimum atomic E-state index is -1.14. The SMILES string of the molecule is CS(=O)C1(c2nc(Cl)nc3c2OCC[C@@H]2COCCN32)CCOCC1. The van der Waals surface area contributed by atoms with Crippen molar-refractivity contribution in [2.45, 2.75) is 30.1 Å². The van der Waals surface area contributed by atoms with E-state index >= 15 is 0 Å². The molecule has 0 saturated carbocycles. The summed E-state index contributed by atoms with van der Waals surface area (Å²) in [5.74, 6) is 1.34. The van der Waals surface area contributed by atoms with Gasteiger partial charge in [-0.3, -0.25) is 4.21 Å². The molecule has 4 heterocycles. The highest BCUT2D eigenvalue weighted by Crippen LogP contribution is 2.46. The van der Waals surface area contributed by atoms with E-state index in [-0.39, 0.29) is 11.3 Å². The first kappa shape index (κ1) is 17.5. The van der Waals surface area contributed by atoms with E-state index < -0.39 is 15.5 Å². The lowest BCUT2D eigenvalue weighted by Gasteiger charge is -2.37. The van der Waals surface area contributed by atoms with Crippen molar-refractivity contribution in [3.63, 3.8) is 0 Å². The van der Waals surface area contributed by atoms with Crippen molar-refractivity contribution < 1.29 is 18.4 Å². The smallest absolute Gasteiger partial charge is 0.224 e. The number of nitrogens with zero attached hydrogens (tertiary/aromatic N) is 3. The molecular weight excluding hydrogens is 366 g/mol. The molecule has 0 N–H and O–H groups in total. The monoisotopic (exact) mass is 387 g/mol. The predicted molar refractivity (Wildman–Crippen MR) is 94.9 cm³/mol. The lowest BCUT2D eigenvalue weighted by Crippen LogP contribution is -2.46. The summed E-state index contributed by atoms with van der Waals surface area (Å²) in [5, 5.41) is 0.167. The normalized spacial score (nSPS) is 26.8. The van der Waals surface area contributed by atoms with Crippen molar-refractivity contribution >= 4 is 28.2 Å². The third kappa shape index (κ3) is 3.03. The summed E-state index contributed by atoms with van der Waals surface area (Å²) < 4.78 is 29.3. The van der Waals surface area contributed by atoms with Crippen LogP contribution in [0.4, 0.5) is 5.82 Å². The second-order valence-corrected chi connectivity index (χ2v) is 8.64. The number of hydrogen-bond donors (Lipinski definition) is 0. The van der Waals surface area contributed by atoms with Crippen LogP contribution in [-0.4, -0.2) is 66.1 Å². The van der Waals surface area contributed by atoms with E-state index in [1.165, 1.54) is 0 Å². The molecule has 138 valence electrons. The fourth-order valence-corrected chi connectivity index (χ4v) is 5.20. The molecule has 4 rings (SSSR count). The van der Waals surface area contributed by atoms with Crippen LogP contribution in [0.1, 0.15) is 25.0 Å². The maximum absolute atomic E-state index is 12.7. The Balaban J connectivity index is 1.86. The third-order valence-electron chi connectivity index (χ3n) is 5.30. The van der Waals surface area contributed by atoms with Crippen LogP contribution < -0.4 is 9.64 Å². The summed E-state index contributed by atoms with van der Waals surface area (Å²) in [6.07, 6.45) is 3.83. The lowest BCUT2D eigenvalue weighted by atomic mass is 9.94. The fourth-order valence-electron chi connectivity index (χ4n) is 3.88. The van der Waals surface area contributed by atoms with Gasteiger partial charge in [0, 0.05) is 43.2 Å². The molecule has 3 aliphatic heterocycles. The maximum atomic E-state index is 12.7. The summed E-state index contributed by atoms with van der Waals surface area (Å²) in [5.41, 5.74) is 0.666. The van der Waals surface area contributed by atoms with Crippen LogP contribution in [0.3, 0.4) is 0 Å². The van der Waals surface area contributed by atoms with Gasteiger partial charge in [-0.15, -0.1) is 0 Å². The number of rotatable bonds is 2. The highest BCUT2D eigenvalue weighted by atomic mass is 35.5. The zero-order valence-electron chi connectivity index (χ0n) is 14.2. The Kier molecular flexibility index (Phi) is 4.87. The Morgan fingerprint density at radius 1 is 1.20 bits per heavy atom. The summed E-state index contributed by atoms with van der Waals surface area (Å²) >= 11 is 6.29. The molecule has 1 unspecified atom stereocenters. The topological polar surface area (TPSA) is 73.8 Å². The van der Waals surface area contributed by atoms with Gasteiger partial charge in [-0.25, -0.2) is 4.98 Å². The summed E-state index contributed by atoms with van der Waals surface area (Å²) in [6.45, 7) is 3.69. The van der Waals surface area contributed by atoms with E-state index in [1.54, 1.807) is 6.26 Å². The number of anilines is 1. The zero-order chi connectivity index (χ0) is 17.4. The molecule has 0 radical (unpaired) electrons. The van der Waals surface area contributed by atoms with E-state index in [1.807, 2.05) is 0 Å². The van der Waals surface area contributed by atoms with Gasteiger partial charge < -0.3 is 19.1 Å². The zero-order valence-corrected chi connectivity index (χ0v) is 15.8. The molecule has 0 amide bonds. The average Bonchev–Trinajstić information content (AvgIpc) is 2.81. The van der Waals surface area contributed by atoms with Crippen LogP contribution in [0.2, 0.25) is 5.28 Å². The van der Waals surface area contributed by atoms with Crippen molar-refractivity contribution in [3.8, 4) is 5.75 Å². The quantitative estimate of drug-likeness (QED) is 0.712. The number of hydrogen-bond acceptors (Lipinski definition) is 7. The van der Waals surface area contributed by atoms with Gasteiger partial charge in [0.25, 0.3) is 0 Å². The van der Waals surface area contributed by atoms with Crippen molar-refractivity contribution in [1.82, 2.24) is 9.97 Å². The van der Waals surface area contributed by atoms with Gasteiger partial charge in [0.2, 0.25) is 5.28 Å². The van der Waals surface area contributed by atoms with Crippen LogP contribution in [0, 0.1) is 0 Å². The summed E-state index contributed by atoms with van der Waals surface area (Å²) in [7, 11) is -1.14. The molecule has 2 saturated heterocycles. The van der Waals surface area contributed by atoms with Gasteiger partial charge in [0.15, 0.2) is 11.6 Å². The van der Waals surface area contributed by atoms with Gasteiger partial charge in [0.1, 0.15) is 5.69 Å². The van der Waals surface area contributed by atoms with E-state index in [0.29, 0.717) is 63.1 Å². The third-order valence-corrected chi connectivity index (χ3v) is 7.17. The first-order valence-corrected chi connectivity index (χ1v) is 10.5. The lowest BCUT2D eigenvalue weighted by molar-refractivity contribution is 0.0736. The van der Waals surface area contributed by atoms with Crippen LogP contribution in [0.5, 0.6) is 5.75 Å². The molecular formula is C16H22ClN3O4S. The van der Waals surface area contributed by atoms with Gasteiger partial charge in [-0.2, -0.15) is 4.98 Å². The highest BCUT2D eigenvalue weighted by molar-refractivity contribution is 7.85. The predicted octanol–water partition coefficient (Wildman–Crippen LogP) is 1.50. The molecule has 0 aromatic carbocycles. The van der Waals surface area contributed by atoms with Gasteiger partial charge in [0.05, 0.1) is 30.6 Å². The van der Waals surface area contributed by atoms with E-state index in [0.717, 1.165) is 13.0 Å². The molecule has 9 heteroatoms. The first-order chi connectivity index (χ1) is 12.1. The van der Waals surface area contributed by atoms with Crippen molar-refractivity contribution in [2.75, 3.05) is 50.7 Å². The fraction of sp³-hybridized carbons (Fsp3) is 0.750. The molecule has 0 bridgehead atoms. The maximum Gasteiger partial charge on any atom is 0.224 e. The van der Waals surface area contributed by atoms with Crippen molar-refractivity contribution in [2.24, 2.45) is 0 Å². The minimum Gasteiger partial charge on any atom is -0.488 e. The number of fused-ring (bicyclic) bond motifs is 3. The molecule has 25 heavy (non-hydrogen) atoms. The van der Waals surface area contributed by atoms with Crippen molar-refractivity contribution in [1.29, 1.82) is 0 Å². The molecule has 2 atom stereocenters. The Bertz CT molecular complexity index is 684. The van der Waals surface area contributed by atoms with Crippen LogP contribution in [-0.2, 0) is 25.0 Å². The summed E-state index contributed by atoms with van der Waals surface area (Å²) in [6, 6.07) is 0.214. The number of morpholine rings is 1. The second-order valence-electron chi connectivity index (χ2n) is 6.61. The second kappa shape index (κ2) is 6.98. The number of ether oxygens (including phenoxy) is 3. The molecule has 3 aliphatic rings. The van der Waals surface area contributed by atoms with Gasteiger partial charge in [-0.05, 0) is 24.4 Å².